The van der Waals surface area contributed by atoms with Gasteiger partial charge in [-0.05, 0) is 68.7 Å². The quantitative estimate of drug-likeness (QED) is 0.686. The molecule has 0 saturated carbocycles. The van der Waals surface area contributed by atoms with Crippen LogP contribution in [0.3, 0.4) is 0 Å². The molecule has 164 valence electrons. The van der Waals surface area contributed by atoms with E-state index in [2.05, 4.69) is 44.8 Å². The molecule has 1 aromatic heterocycles. The third kappa shape index (κ3) is 6.94. The van der Waals surface area contributed by atoms with Gasteiger partial charge in [-0.2, -0.15) is 0 Å². The minimum Gasteiger partial charge on any atom is -0.386 e. The highest BCUT2D eigenvalue weighted by atomic mass is 16.3. The van der Waals surface area contributed by atoms with Crippen LogP contribution in [-0.2, 0) is 5.60 Å². The Morgan fingerprint density at radius 2 is 1.53 bits per heavy atom. The average molecular weight is 411 g/mol. The number of likely N-dealkylation sites (tertiary alicyclic amines) is 1. The zero-order chi connectivity index (χ0) is 22.3. The lowest BCUT2D eigenvalue weighted by Gasteiger charge is -2.26. The van der Waals surface area contributed by atoms with Gasteiger partial charge in [0.25, 0.3) is 5.91 Å². The second kappa shape index (κ2) is 10.7. The van der Waals surface area contributed by atoms with Gasteiger partial charge >= 0.3 is 0 Å². The maximum absolute atomic E-state index is 12.2. The predicted octanol–water partition coefficient (Wildman–Crippen LogP) is 5.87. The smallest absolute Gasteiger partial charge is 0.253 e. The summed E-state index contributed by atoms with van der Waals surface area (Å²) in [5.41, 5.74) is 3.25. The summed E-state index contributed by atoms with van der Waals surface area (Å²) in [5.74, 6) is 1.16. The van der Waals surface area contributed by atoms with E-state index in [1.165, 1.54) is 12.0 Å². The maximum atomic E-state index is 12.2. The largest absolute Gasteiger partial charge is 0.386 e. The second-order valence-electron chi connectivity index (χ2n) is 9.32. The second-order valence-corrected chi connectivity index (χ2v) is 9.32. The highest BCUT2D eigenvalue weighted by Crippen LogP contribution is 2.20. The normalized spacial score (nSPS) is 14.5. The molecule has 1 aliphatic heterocycles. The number of nitrogens with zero attached hydrogens (tertiary/aromatic N) is 2. The van der Waals surface area contributed by atoms with Crippen molar-refractivity contribution in [2.45, 2.75) is 78.2 Å². The van der Waals surface area contributed by atoms with E-state index in [9.17, 15) is 9.90 Å². The number of hydrogen-bond donors (Lipinski definition) is 1. The molecule has 1 saturated heterocycles. The molecule has 2 aromatic rings. The summed E-state index contributed by atoms with van der Waals surface area (Å²) in [6.45, 7) is 13.9. The van der Waals surface area contributed by atoms with Crippen molar-refractivity contribution >= 4 is 5.91 Å². The number of aromatic nitrogens is 1. The molecule has 1 fully saturated rings. The molecule has 1 amide bonds. The Hall–Kier alpha value is -2.20. The van der Waals surface area contributed by atoms with Crippen molar-refractivity contribution in [2.75, 3.05) is 13.1 Å². The Balaban J connectivity index is 0.000000222. The molecule has 0 aliphatic carbocycles. The van der Waals surface area contributed by atoms with Crippen LogP contribution in [0, 0.1) is 0 Å². The first kappa shape index (κ1) is 24.1. The van der Waals surface area contributed by atoms with Crippen LogP contribution >= 0.6 is 0 Å². The molecule has 0 spiro atoms. The van der Waals surface area contributed by atoms with Crippen LogP contribution in [0.2, 0.25) is 0 Å². The minimum absolute atomic E-state index is 0.194. The van der Waals surface area contributed by atoms with Crippen molar-refractivity contribution in [3.8, 4) is 0 Å². The molecule has 1 N–H and O–H groups in total. The van der Waals surface area contributed by atoms with Gasteiger partial charge < -0.3 is 10.0 Å². The Morgan fingerprint density at radius 3 is 1.97 bits per heavy atom. The van der Waals surface area contributed by atoms with Crippen LogP contribution in [-0.4, -0.2) is 34.0 Å². The Morgan fingerprint density at radius 1 is 0.933 bits per heavy atom. The van der Waals surface area contributed by atoms with Crippen molar-refractivity contribution in [1.29, 1.82) is 0 Å². The van der Waals surface area contributed by atoms with Crippen LogP contribution < -0.4 is 0 Å². The zero-order valence-corrected chi connectivity index (χ0v) is 19.5. The fraction of sp³-hybridized carbons (Fsp3) is 0.538. The third-order valence-electron chi connectivity index (χ3n) is 5.55. The van der Waals surface area contributed by atoms with Crippen molar-refractivity contribution in [2.24, 2.45) is 0 Å². The summed E-state index contributed by atoms with van der Waals surface area (Å²) in [4.78, 5) is 18.5. The molecule has 0 radical (unpaired) electrons. The topological polar surface area (TPSA) is 53.4 Å². The summed E-state index contributed by atoms with van der Waals surface area (Å²) < 4.78 is 0. The van der Waals surface area contributed by atoms with Gasteiger partial charge in [0.2, 0.25) is 0 Å². The molecular weight excluding hydrogens is 372 g/mol. The molecule has 2 heterocycles. The van der Waals surface area contributed by atoms with Crippen LogP contribution in [0.15, 0.2) is 42.6 Å². The lowest BCUT2D eigenvalue weighted by molar-refractivity contribution is 0.0723. The number of aliphatic hydroxyl groups is 1. The monoisotopic (exact) mass is 410 g/mol. The lowest BCUT2D eigenvalue weighted by Crippen LogP contribution is -2.35. The van der Waals surface area contributed by atoms with E-state index in [1.807, 2.05) is 29.2 Å². The fourth-order valence-electron chi connectivity index (χ4n) is 3.40. The van der Waals surface area contributed by atoms with E-state index in [0.717, 1.165) is 42.8 Å². The summed E-state index contributed by atoms with van der Waals surface area (Å²) in [7, 11) is 0. The molecular formula is C26H38N2O2. The Labute approximate surface area is 182 Å². The Kier molecular flexibility index (Phi) is 8.60. The number of pyridine rings is 1. The molecule has 0 unspecified atom stereocenters. The zero-order valence-electron chi connectivity index (χ0n) is 19.5. The van der Waals surface area contributed by atoms with Gasteiger partial charge in [0.05, 0.1) is 5.60 Å². The van der Waals surface area contributed by atoms with Crippen molar-refractivity contribution in [3.05, 3.63) is 65.0 Å². The molecule has 1 aliphatic rings. The number of carbonyl (C=O) groups is 1. The van der Waals surface area contributed by atoms with Gasteiger partial charge in [0.15, 0.2) is 0 Å². The number of carbonyl (C=O) groups excluding carboxylic acids is 1. The first-order valence-corrected chi connectivity index (χ1v) is 11.2. The molecule has 4 nitrogen and oxygen atoms in total. The third-order valence-corrected chi connectivity index (χ3v) is 5.55. The van der Waals surface area contributed by atoms with Crippen LogP contribution in [0.4, 0.5) is 0 Å². The first-order chi connectivity index (χ1) is 14.1. The first-order valence-electron chi connectivity index (χ1n) is 11.2. The highest BCUT2D eigenvalue weighted by molar-refractivity contribution is 5.94. The van der Waals surface area contributed by atoms with Crippen LogP contribution in [0.25, 0.3) is 0 Å². The van der Waals surface area contributed by atoms with Gasteiger partial charge in [-0.1, -0.05) is 45.9 Å². The van der Waals surface area contributed by atoms with Crippen LogP contribution in [0.1, 0.15) is 99.8 Å². The number of benzene rings is 1. The lowest BCUT2D eigenvalue weighted by atomic mass is 9.99. The van der Waals surface area contributed by atoms with E-state index in [-0.39, 0.29) is 5.91 Å². The number of piperidine rings is 1. The molecule has 0 atom stereocenters. The molecule has 3 rings (SSSR count). The van der Waals surface area contributed by atoms with Gasteiger partial charge in [-0.15, -0.1) is 0 Å². The van der Waals surface area contributed by atoms with Gasteiger partial charge in [-0.25, -0.2) is 0 Å². The summed E-state index contributed by atoms with van der Waals surface area (Å²) >= 11 is 0. The number of amides is 1. The summed E-state index contributed by atoms with van der Waals surface area (Å²) in [5, 5.41) is 9.68. The van der Waals surface area contributed by atoms with E-state index >= 15 is 0 Å². The highest BCUT2D eigenvalue weighted by Gasteiger charge is 2.18. The van der Waals surface area contributed by atoms with Crippen molar-refractivity contribution in [3.63, 3.8) is 0 Å². The van der Waals surface area contributed by atoms with Gasteiger partial charge in [-0.3, -0.25) is 9.78 Å². The van der Waals surface area contributed by atoms with Crippen LogP contribution in [0.5, 0.6) is 0 Å². The number of rotatable bonds is 4. The van der Waals surface area contributed by atoms with Crippen molar-refractivity contribution < 1.29 is 9.90 Å². The van der Waals surface area contributed by atoms with E-state index < -0.39 is 5.60 Å². The maximum Gasteiger partial charge on any atom is 0.253 e. The number of hydrogen-bond acceptors (Lipinski definition) is 3. The molecule has 0 bridgehead atoms. The van der Waals surface area contributed by atoms with E-state index in [0.29, 0.717) is 11.8 Å². The fourth-order valence-corrected chi connectivity index (χ4v) is 3.40. The summed E-state index contributed by atoms with van der Waals surface area (Å²) in [6.07, 6.45) is 5.30. The van der Waals surface area contributed by atoms with Crippen molar-refractivity contribution in [1.82, 2.24) is 9.88 Å². The molecule has 1 aromatic carbocycles. The van der Waals surface area contributed by atoms with Gasteiger partial charge in [0.1, 0.15) is 0 Å². The molecule has 30 heavy (non-hydrogen) atoms. The average Bonchev–Trinajstić information content (AvgIpc) is 2.74. The SMILES string of the molecule is CC(C)c1ccc(C(=O)N2CCCCC2)cc1.CC(C)c1ccc(C(C)(C)O)cn1. The van der Waals surface area contributed by atoms with E-state index in [4.69, 9.17) is 0 Å². The Bertz CT molecular complexity index is 781. The van der Waals surface area contributed by atoms with Gasteiger partial charge in [0, 0.05) is 36.1 Å². The predicted molar refractivity (Wildman–Crippen MR) is 124 cm³/mol. The standard InChI is InChI=1S/C15H21NO.C11H17NO/c1-12(2)13-6-8-14(9-7-13)15(17)16-10-4-3-5-11-16;1-8(2)10-6-5-9(7-12-10)11(3,4)13/h6-9,12H,3-5,10-11H2,1-2H3;5-8,13H,1-4H3. The molecule has 4 heteroatoms. The van der Waals surface area contributed by atoms with E-state index in [1.54, 1.807) is 20.0 Å². The minimum atomic E-state index is -0.789. The summed E-state index contributed by atoms with van der Waals surface area (Å²) in [6, 6.07) is 12.0.